The Kier molecular flexibility index (Phi) is 4.09. The normalized spacial score (nSPS) is 11.5. The molecule has 3 N–H and O–H groups in total. The van der Waals surface area contributed by atoms with Gasteiger partial charge in [0.25, 0.3) is 5.91 Å². The van der Waals surface area contributed by atoms with Crippen LogP contribution in [-0.2, 0) is 0 Å². The number of halogens is 1. The molecule has 6 heteroatoms. The van der Waals surface area contributed by atoms with Gasteiger partial charge in [0, 0.05) is 12.1 Å². The molecule has 0 aliphatic heterocycles. The van der Waals surface area contributed by atoms with Crippen LogP contribution >= 0.6 is 0 Å². The van der Waals surface area contributed by atoms with Gasteiger partial charge in [-0.2, -0.15) is 5.10 Å². The molecule has 0 aliphatic rings. The number of hydrogen-bond acceptors (Lipinski definition) is 3. The summed E-state index contributed by atoms with van der Waals surface area (Å²) in [6, 6.07) is 6.29. The predicted octanol–water partition coefficient (Wildman–Crippen LogP) is 1.79. The van der Waals surface area contributed by atoms with E-state index in [1.54, 1.807) is 25.1 Å². The van der Waals surface area contributed by atoms with Crippen molar-refractivity contribution in [2.45, 2.75) is 26.3 Å². The molecule has 0 radical (unpaired) electrons. The molecule has 0 spiro atoms. The Morgan fingerprint density at radius 1 is 1.43 bits per heavy atom. The molecule has 0 saturated heterocycles. The number of amides is 1. The molecule has 5 nitrogen and oxygen atoms in total. The topological polar surface area (TPSA) is 72.9 Å². The average Bonchev–Trinajstić information content (AvgIpc) is 2.78. The fourth-order valence-electron chi connectivity index (χ4n) is 1.90. The molecule has 1 amide bonds. The van der Waals surface area contributed by atoms with Crippen molar-refractivity contribution in [1.82, 2.24) is 15.1 Å². The summed E-state index contributed by atoms with van der Waals surface area (Å²) in [6.07, 6.45) is 1.43. The molecule has 1 aromatic carbocycles. The summed E-state index contributed by atoms with van der Waals surface area (Å²) in [4.78, 5) is 12.1. The van der Waals surface area contributed by atoms with Crippen LogP contribution in [0.25, 0.3) is 5.69 Å². The summed E-state index contributed by atoms with van der Waals surface area (Å²) in [6.45, 7) is 5.71. The van der Waals surface area contributed by atoms with Gasteiger partial charge in [-0.3, -0.25) is 4.79 Å². The first-order valence-corrected chi connectivity index (χ1v) is 6.66. The highest BCUT2D eigenvalue weighted by atomic mass is 19.1. The van der Waals surface area contributed by atoms with Gasteiger partial charge < -0.3 is 11.1 Å². The van der Waals surface area contributed by atoms with E-state index < -0.39 is 11.4 Å². The number of carbonyl (C=O) groups is 1. The van der Waals surface area contributed by atoms with E-state index in [4.69, 9.17) is 5.73 Å². The largest absolute Gasteiger partial charge is 0.350 e. The lowest BCUT2D eigenvalue weighted by Gasteiger charge is -2.18. The lowest BCUT2D eigenvalue weighted by atomic mass is 10.1. The first-order valence-electron chi connectivity index (χ1n) is 6.66. The van der Waals surface area contributed by atoms with Crippen LogP contribution in [0.4, 0.5) is 4.39 Å². The molecule has 2 rings (SSSR count). The van der Waals surface area contributed by atoms with Crippen LogP contribution in [0.2, 0.25) is 0 Å². The zero-order valence-corrected chi connectivity index (χ0v) is 12.4. The van der Waals surface area contributed by atoms with Gasteiger partial charge in [0.2, 0.25) is 0 Å². The lowest BCUT2D eigenvalue weighted by Crippen LogP contribution is -2.45. The second kappa shape index (κ2) is 5.65. The lowest BCUT2D eigenvalue weighted by molar-refractivity contribution is 0.0945. The molecule has 21 heavy (non-hydrogen) atoms. The molecule has 112 valence electrons. The van der Waals surface area contributed by atoms with Crippen molar-refractivity contribution in [1.29, 1.82) is 0 Å². The fourth-order valence-corrected chi connectivity index (χ4v) is 1.90. The minimum atomic E-state index is -0.495. The third-order valence-electron chi connectivity index (χ3n) is 3.04. The average molecular weight is 290 g/mol. The summed E-state index contributed by atoms with van der Waals surface area (Å²) in [5, 5.41) is 6.85. The van der Waals surface area contributed by atoms with Gasteiger partial charge in [0.15, 0.2) is 0 Å². The quantitative estimate of drug-likeness (QED) is 0.901. The third-order valence-corrected chi connectivity index (χ3v) is 3.04. The van der Waals surface area contributed by atoms with Gasteiger partial charge in [-0.1, -0.05) is 12.1 Å². The number of rotatable bonds is 4. The molecule has 0 unspecified atom stereocenters. The van der Waals surface area contributed by atoms with Crippen LogP contribution in [0, 0.1) is 12.7 Å². The van der Waals surface area contributed by atoms with Crippen LogP contribution in [0.1, 0.15) is 29.9 Å². The summed E-state index contributed by atoms with van der Waals surface area (Å²) < 4.78 is 15.2. The van der Waals surface area contributed by atoms with Crippen molar-refractivity contribution in [2.75, 3.05) is 6.54 Å². The number of nitrogens with zero attached hydrogens (tertiary/aromatic N) is 2. The summed E-state index contributed by atoms with van der Waals surface area (Å²) in [5.74, 6) is -0.660. The van der Waals surface area contributed by atoms with E-state index in [0.717, 1.165) is 0 Å². The summed E-state index contributed by atoms with van der Waals surface area (Å²) >= 11 is 0. The zero-order chi connectivity index (χ0) is 15.6. The SMILES string of the molecule is Cc1c(C(=O)NCC(C)(C)N)cnn1-c1ccccc1F. The minimum absolute atomic E-state index is 0.270. The Labute approximate surface area is 123 Å². The number of nitrogens with one attached hydrogen (secondary N) is 1. The van der Waals surface area contributed by atoms with Gasteiger partial charge in [0.1, 0.15) is 11.5 Å². The molecule has 0 fully saturated rings. The van der Waals surface area contributed by atoms with E-state index >= 15 is 0 Å². The second-order valence-electron chi connectivity index (χ2n) is 5.68. The highest BCUT2D eigenvalue weighted by molar-refractivity contribution is 5.95. The Morgan fingerprint density at radius 3 is 2.71 bits per heavy atom. The van der Waals surface area contributed by atoms with Crippen molar-refractivity contribution < 1.29 is 9.18 Å². The molecule has 1 heterocycles. The number of para-hydroxylation sites is 1. The predicted molar refractivity (Wildman–Crippen MR) is 78.9 cm³/mol. The van der Waals surface area contributed by atoms with Crippen molar-refractivity contribution in [2.24, 2.45) is 5.73 Å². The number of benzene rings is 1. The smallest absolute Gasteiger partial charge is 0.254 e. The number of carbonyl (C=O) groups excluding carboxylic acids is 1. The van der Waals surface area contributed by atoms with E-state index in [0.29, 0.717) is 23.5 Å². The standard InChI is InChI=1S/C15H19FN4O/c1-10-11(14(21)18-9-15(2,3)17)8-19-20(10)13-7-5-4-6-12(13)16/h4-8H,9,17H2,1-3H3,(H,18,21). The van der Waals surface area contributed by atoms with Gasteiger partial charge in [-0.05, 0) is 32.9 Å². The monoisotopic (exact) mass is 290 g/mol. The molecule has 2 aromatic rings. The van der Waals surface area contributed by atoms with Gasteiger partial charge in [-0.15, -0.1) is 0 Å². The molecule has 0 aliphatic carbocycles. The summed E-state index contributed by atoms with van der Waals surface area (Å²) in [5.41, 5.74) is 6.63. The van der Waals surface area contributed by atoms with E-state index in [9.17, 15) is 9.18 Å². The Bertz CT molecular complexity index is 658. The second-order valence-corrected chi connectivity index (χ2v) is 5.68. The number of aromatic nitrogens is 2. The van der Waals surface area contributed by atoms with Crippen LogP contribution in [0.5, 0.6) is 0 Å². The maximum absolute atomic E-state index is 13.8. The highest BCUT2D eigenvalue weighted by Crippen LogP contribution is 2.17. The van der Waals surface area contributed by atoms with Gasteiger partial charge in [0.05, 0.1) is 17.5 Å². The summed E-state index contributed by atoms with van der Waals surface area (Å²) in [7, 11) is 0. The van der Waals surface area contributed by atoms with Crippen LogP contribution < -0.4 is 11.1 Å². The third kappa shape index (κ3) is 3.46. The van der Waals surface area contributed by atoms with Crippen molar-refractivity contribution in [3.63, 3.8) is 0 Å². The fraction of sp³-hybridized carbons (Fsp3) is 0.333. The molecule has 1 aromatic heterocycles. The van der Waals surface area contributed by atoms with Gasteiger partial charge >= 0.3 is 0 Å². The molecule has 0 saturated carbocycles. The van der Waals surface area contributed by atoms with Crippen molar-refractivity contribution in [3.8, 4) is 5.69 Å². The van der Waals surface area contributed by atoms with E-state index in [1.165, 1.54) is 16.9 Å². The maximum Gasteiger partial charge on any atom is 0.254 e. The number of hydrogen-bond donors (Lipinski definition) is 2. The highest BCUT2D eigenvalue weighted by Gasteiger charge is 2.18. The zero-order valence-electron chi connectivity index (χ0n) is 12.4. The van der Waals surface area contributed by atoms with Crippen molar-refractivity contribution >= 4 is 5.91 Å². The van der Waals surface area contributed by atoms with E-state index in [1.807, 2.05) is 13.8 Å². The van der Waals surface area contributed by atoms with Crippen LogP contribution in [0.3, 0.4) is 0 Å². The van der Waals surface area contributed by atoms with E-state index in [2.05, 4.69) is 10.4 Å². The van der Waals surface area contributed by atoms with Crippen molar-refractivity contribution in [3.05, 3.63) is 47.5 Å². The number of nitrogens with two attached hydrogens (primary N) is 1. The Morgan fingerprint density at radius 2 is 2.10 bits per heavy atom. The minimum Gasteiger partial charge on any atom is -0.350 e. The first-order chi connectivity index (χ1) is 9.79. The van der Waals surface area contributed by atoms with Gasteiger partial charge in [-0.25, -0.2) is 9.07 Å². The van der Waals surface area contributed by atoms with Crippen LogP contribution in [-0.4, -0.2) is 27.8 Å². The molecule has 0 bridgehead atoms. The molecular weight excluding hydrogens is 271 g/mol. The van der Waals surface area contributed by atoms with Crippen LogP contribution in [0.15, 0.2) is 30.5 Å². The molecule has 0 atom stereocenters. The van der Waals surface area contributed by atoms with E-state index in [-0.39, 0.29) is 5.91 Å². The molecular formula is C15H19FN4O. The Balaban J connectivity index is 2.25. The maximum atomic E-state index is 13.8. The Hall–Kier alpha value is -2.21. The first kappa shape index (κ1) is 15.2.